The number of fused-ring (bicyclic) bond motifs is 1. The SMILES string of the molecule is C=CCON1C(=O)CC(C(=O)OC)C12CCN(Cc1nc3ccccc3s1)CC2. The van der Waals surface area contributed by atoms with Crippen molar-refractivity contribution in [3.63, 3.8) is 0 Å². The zero-order valence-electron chi connectivity index (χ0n) is 16.5. The first kappa shape index (κ1) is 20.0. The zero-order valence-corrected chi connectivity index (χ0v) is 17.3. The minimum absolute atomic E-state index is 0.127. The monoisotopic (exact) mass is 415 g/mol. The summed E-state index contributed by atoms with van der Waals surface area (Å²) in [4.78, 5) is 37.8. The first-order valence-electron chi connectivity index (χ1n) is 9.79. The van der Waals surface area contributed by atoms with E-state index >= 15 is 0 Å². The van der Waals surface area contributed by atoms with Crippen LogP contribution in [0.1, 0.15) is 24.3 Å². The molecule has 0 radical (unpaired) electrons. The van der Waals surface area contributed by atoms with Crippen LogP contribution in [0.25, 0.3) is 10.2 Å². The molecule has 2 aliphatic rings. The fourth-order valence-electron chi connectivity index (χ4n) is 4.44. The maximum absolute atomic E-state index is 12.6. The molecule has 29 heavy (non-hydrogen) atoms. The average Bonchev–Trinajstić information content (AvgIpc) is 3.26. The highest BCUT2D eigenvalue weighted by Crippen LogP contribution is 2.44. The van der Waals surface area contributed by atoms with Gasteiger partial charge in [0.25, 0.3) is 0 Å². The van der Waals surface area contributed by atoms with Crippen molar-refractivity contribution in [1.82, 2.24) is 14.9 Å². The molecule has 3 heterocycles. The standard InChI is InChI=1S/C21H25N3O4S/c1-3-12-28-24-19(25)13-15(20(26)27-2)21(24)8-10-23(11-9-21)14-18-22-16-6-4-5-7-17(16)29-18/h3-7,15H,1,8-14H2,2H3. The lowest BCUT2D eigenvalue weighted by Gasteiger charge is -2.45. The summed E-state index contributed by atoms with van der Waals surface area (Å²) in [7, 11) is 1.37. The molecule has 0 aliphatic carbocycles. The third-order valence-electron chi connectivity index (χ3n) is 5.88. The number of aromatic nitrogens is 1. The predicted octanol–water partition coefficient (Wildman–Crippen LogP) is 2.77. The molecule has 1 spiro atoms. The molecular weight excluding hydrogens is 390 g/mol. The number of piperidine rings is 1. The number of hydrogen-bond acceptors (Lipinski definition) is 7. The largest absolute Gasteiger partial charge is 0.469 e. The van der Waals surface area contributed by atoms with Crippen LogP contribution < -0.4 is 0 Å². The van der Waals surface area contributed by atoms with E-state index in [2.05, 4.69) is 17.5 Å². The van der Waals surface area contributed by atoms with E-state index in [9.17, 15) is 9.59 Å². The molecule has 2 aromatic rings. The third kappa shape index (κ3) is 3.68. The van der Waals surface area contributed by atoms with Crippen LogP contribution >= 0.6 is 11.3 Å². The van der Waals surface area contributed by atoms with Crippen LogP contribution in [-0.4, -0.2) is 59.2 Å². The number of thiazole rings is 1. The minimum atomic E-state index is -0.655. The van der Waals surface area contributed by atoms with Crippen molar-refractivity contribution in [1.29, 1.82) is 0 Å². The highest BCUT2D eigenvalue weighted by atomic mass is 32.1. The fourth-order valence-corrected chi connectivity index (χ4v) is 5.45. The molecule has 2 saturated heterocycles. The lowest BCUT2D eigenvalue weighted by molar-refractivity contribution is -0.218. The smallest absolute Gasteiger partial charge is 0.311 e. The number of para-hydroxylation sites is 1. The summed E-state index contributed by atoms with van der Waals surface area (Å²) >= 11 is 1.71. The number of esters is 1. The van der Waals surface area contributed by atoms with Gasteiger partial charge in [-0.1, -0.05) is 18.2 Å². The molecule has 0 bridgehead atoms. The van der Waals surface area contributed by atoms with E-state index < -0.39 is 11.5 Å². The molecule has 1 aromatic heterocycles. The van der Waals surface area contributed by atoms with Crippen molar-refractivity contribution < 1.29 is 19.2 Å². The summed E-state index contributed by atoms with van der Waals surface area (Å²) in [6, 6.07) is 8.14. The Balaban J connectivity index is 1.49. The van der Waals surface area contributed by atoms with Crippen LogP contribution in [0, 0.1) is 5.92 Å². The number of carbonyl (C=O) groups excluding carboxylic acids is 2. The Labute approximate surface area is 173 Å². The summed E-state index contributed by atoms with van der Waals surface area (Å²) in [5.41, 5.74) is 0.370. The number of benzene rings is 1. The molecular formula is C21H25N3O4S. The van der Waals surface area contributed by atoms with E-state index in [0.717, 1.165) is 30.2 Å². The van der Waals surface area contributed by atoms with Crippen molar-refractivity contribution >= 4 is 33.4 Å². The van der Waals surface area contributed by atoms with Gasteiger partial charge in [0.2, 0.25) is 5.91 Å². The highest BCUT2D eigenvalue weighted by Gasteiger charge is 2.58. The Bertz CT molecular complexity index is 887. The second-order valence-corrected chi connectivity index (χ2v) is 8.62. The van der Waals surface area contributed by atoms with Gasteiger partial charge in [-0.3, -0.25) is 19.3 Å². The van der Waals surface area contributed by atoms with E-state index in [1.54, 1.807) is 17.4 Å². The number of carbonyl (C=O) groups is 2. The lowest BCUT2D eigenvalue weighted by atomic mass is 9.77. The summed E-state index contributed by atoms with van der Waals surface area (Å²) in [6.07, 6.45) is 3.04. The second-order valence-electron chi connectivity index (χ2n) is 7.51. The quantitative estimate of drug-likeness (QED) is 0.534. The maximum atomic E-state index is 12.6. The molecule has 7 nitrogen and oxygen atoms in total. The summed E-state index contributed by atoms with van der Waals surface area (Å²) in [5.74, 6) is -1.01. The Hall–Kier alpha value is -2.29. The van der Waals surface area contributed by atoms with Gasteiger partial charge in [-0.15, -0.1) is 17.9 Å². The predicted molar refractivity (Wildman–Crippen MR) is 110 cm³/mol. The summed E-state index contributed by atoms with van der Waals surface area (Å²) in [6.45, 7) is 6.16. The normalized spacial score (nSPS) is 21.8. The van der Waals surface area contributed by atoms with E-state index in [4.69, 9.17) is 14.6 Å². The zero-order chi connectivity index (χ0) is 20.4. The number of rotatable bonds is 6. The summed E-state index contributed by atoms with van der Waals surface area (Å²) < 4.78 is 6.19. The molecule has 154 valence electrons. The van der Waals surface area contributed by atoms with Crippen molar-refractivity contribution in [2.75, 3.05) is 26.8 Å². The van der Waals surface area contributed by atoms with Crippen molar-refractivity contribution in [3.8, 4) is 0 Å². The Kier molecular flexibility index (Phi) is 5.67. The maximum Gasteiger partial charge on any atom is 0.311 e. The van der Waals surface area contributed by atoms with E-state index in [0.29, 0.717) is 12.8 Å². The van der Waals surface area contributed by atoms with Crippen molar-refractivity contribution in [2.45, 2.75) is 31.3 Å². The molecule has 1 unspecified atom stereocenters. The molecule has 2 fully saturated rings. The molecule has 0 saturated carbocycles. The van der Waals surface area contributed by atoms with Gasteiger partial charge in [0.15, 0.2) is 0 Å². The van der Waals surface area contributed by atoms with Crippen LogP contribution in [-0.2, 0) is 25.7 Å². The van der Waals surface area contributed by atoms with Crippen molar-refractivity contribution in [2.24, 2.45) is 5.92 Å². The first-order valence-corrected chi connectivity index (χ1v) is 10.6. The number of amides is 1. The number of nitrogens with zero attached hydrogens (tertiary/aromatic N) is 3. The highest BCUT2D eigenvalue weighted by molar-refractivity contribution is 7.18. The van der Waals surface area contributed by atoms with Crippen LogP contribution in [0.3, 0.4) is 0 Å². The second kappa shape index (κ2) is 8.22. The molecule has 2 aliphatic heterocycles. The first-order chi connectivity index (χ1) is 14.1. The number of hydroxylamine groups is 2. The van der Waals surface area contributed by atoms with Gasteiger partial charge < -0.3 is 4.74 Å². The Morgan fingerprint density at radius 2 is 2.14 bits per heavy atom. The van der Waals surface area contributed by atoms with E-state index in [1.807, 2.05) is 18.2 Å². The number of hydrogen-bond donors (Lipinski definition) is 0. The third-order valence-corrected chi connectivity index (χ3v) is 6.91. The van der Waals surface area contributed by atoms with Crippen LogP contribution in [0.2, 0.25) is 0 Å². The number of likely N-dealkylation sites (tertiary alicyclic amines) is 1. The van der Waals surface area contributed by atoms with Crippen LogP contribution in [0.5, 0.6) is 0 Å². The van der Waals surface area contributed by atoms with Gasteiger partial charge in [-0.05, 0) is 25.0 Å². The minimum Gasteiger partial charge on any atom is -0.469 e. The Morgan fingerprint density at radius 3 is 2.83 bits per heavy atom. The van der Waals surface area contributed by atoms with E-state index in [-0.39, 0.29) is 24.9 Å². The van der Waals surface area contributed by atoms with Crippen LogP contribution in [0.4, 0.5) is 0 Å². The lowest BCUT2D eigenvalue weighted by Crippen LogP contribution is -2.57. The van der Waals surface area contributed by atoms with Gasteiger partial charge in [-0.2, -0.15) is 0 Å². The Morgan fingerprint density at radius 1 is 1.38 bits per heavy atom. The van der Waals surface area contributed by atoms with Crippen molar-refractivity contribution in [3.05, 3.63) is 41.9 Å². The van der Waals surface area contributed by atoms with Gasteiger partial charge in [0, 0.05) is 19.5 Å². The van der Waals surface area contributed by atoms with E-state index in [1.165, 1.54) is 16.9 Å². The van der Waals surface area contributed by atoms with Gasteiger partial charge >= 0.3 is 5.97 Å². The molecule has 4 rings (SSSR count). The average molecular weight is 416 g/mol. The van der Waals surface area contributed by atoms with Crippen LogP contribution in [0.15, 0.2) is 36.9 Å². The fraction of sp³-hybridized carbons (Fsp3) is 0.476. The molecule has 1 aromatic carbocycles. The van der Waals surface area contributed by atoms with Gasteiger partial charge in [0.05, 0.1) is 41.9 Å². The molecule has 1 amide bonds. The topological polar surface area (TPSA) is 72.0 Å². The number of ether oxygens (including phenoxy) is 1. The summed E-state index contributed by atoms with van der Waals surface area (Å²) in [5, 5.41) is 2.51. The van der Waals surface area contributed by atoms with Gasteiger partial charge in [0.1, 0.15) is 5.01 Å². The number of methoxy groups -OCH3 is 1. The molecule has 8 heteroatoms. The van der Waals surface area contributed by atoms with Gasteiger partial charge in [-0.25, -0.2) is 10.0 Å². The molecule has 1 atom stereocenters. The molecule has 0 N–H and O–H groups in total.